The van der Waals surface area contributed by atoms with Crippen LogP contribution in [0.5, 0.6) is 0 Å². The number of fused-ring (bicyclic) bond motifs is 2. The standard InChI is InChI=1S/3C14H14.2C12H12/c1-11-3-7-13(8-4-11)14-9-5-12(2)6-10-14;1-11-7-3-5-9-13(11)14-10-6-4-8-12(14)2;1-11-7-9-13(10-8-11)14-6-4-3-5-12(14)2;1-9-5-3-8-12-10(2)6-4-7-11(9)12;1-9-7-8-10(2)12-6-4-3-5-11(9)12/h3*3-10H,1-2H3;2*3-8H,1-2H3. The van der Waals surface area contributed by atoms with E-state index in [1.807, 2.05) is 0 Å². The smallest absolute Gasteiger partial charge is 0.0152 e. The van der Waals surface area contributed by atoms with E-state index in [1.54, 1.807) is 0 Å². The molecule has 0 amide bonds. The maximum Gasteiger partial charge on any atom is -0.0152 e. The van der Waals surface area contributed by atoms with Crippen molar-refractivity contribution in [2.24, 2.45) is 0 Å². The quantitative estimate of drug-likeness (QED) is 0.166. The summed E-state index contributed by atoms with van der Waals surface area (Å²) >= 11 is 0. The number of aryl methyl sites for hydroxylation is 10. The molecule has 0 radical (unpaired) electrons. The van der Waals surface area contributed by atoms with E-state index in [0.29, 0.717) is 0 Å². The fourth-order valence-corrected chi connectivity index (χ4v) is 8.10. The summed E-state index contributed by atoms with van der Waals surface area (Å²) in [4.78, 5) is 0. The van der Waals surface area contributed by atoms with Gasteiger partial charge in [0.25, 0.3) is 0 Å². The Hall–Kier alpha value is -7.28. The molecular weight excluding hydrogens is 793 g/mol. The molecule has 0 unspecified atom stereocenters. The largest absolute Gasteiger partial charge is 0.0620 e. The Morgan fingerprint density at radius 2 is 0.409 bits per heavy atom. The molecule has 66 heavy (non-hydrogen) atoms. The third kappa shape index (κ3) is 13.2. The Kier molecular flexibility index (Phi) is 17.2. The highest BCUT2D eigenvalue weighted by atomic mass is 14.1. The Morgan fingerprint density at radius 3 is 0.742 bits per heavy atom. The number of hydrogen-bond acceptors (Lipinski definition) is 0. The highest BCUT2D eigenvalue weighted by molar-refractivity contribution is 5.89. The van der Waals surface area contributed by atoms with Crippen LogP contribution in [0.2, 0.25) is 0 Å². The van der Waals surface area contributed by atoms with Gasteiger partial charge in [-0.05, 0) is 163 Å². The lowest BCUT2D eigenvalue weighted by Crippen LogP contribution is -1.85. The second-order valence-electron chi connectivity index (χ2n) is 17.5. The molecule has 10 rings (SSSR count). The molecule has 0 saturated carbocycles. The Balaban J connectivity index is 0.000000137. The predicted octanol–water partition coefficient (Wildman–Crippen LogP) is 18.8. The molecule has 0 heteroatoms. The molecule has 0 aliphatic carbocycles. The number of benzene rings is 10. The van der Waals surface area contributed by atoms with Gasteiger partial charge in [-0.2, -0.15) is 0 Å². The van der Waals surface area contributed by atoms with Crippen LogP contribution in [-0.2, 0) is 0 Å². The first-order chi connectivity index (χ1) is 31.9. The maximum atomic E-state index is 2.18. The first-order valence-electron chi connectivity index (χ1n) is 23.2. The van der Waals surface area contributed by atoms with Crippen LogP contribution in [0, 0.1) is 69.2 Å². The maximum absolute atomic E-state index is 2.18. The van der Waals surface area contributed by atoms with Crippen LogP contribution >= 0.6 is 0 Å². The molecule has 0 aliphatic rings. The van der Waals surface area contributed by atoms with Gasteiger partial charge in [-0.3, -0.25) is 0 Å². The van der Waals surface area contributed by atoms with Gasteiger partial charge in [0.1, 0.15) is 0 Å². The summed E-state index contributed by atoms with van der Waals surface area (Å²) in [6.07, 6.45) is 0. The summed E-state index contributed by atoms with van der Waals surface area (Å²) in [5.74, 6) is 0. The zero-order chi connectivity index (χ0) is 47.0. The molecule has 330 valence electrons. The lowest BCUT2D eigenvalue weighted by atomic mass is 9.97. The number of rotatable bonds is 3. The second-order valence-corrected chi connectivity index (χ2v) is 17.5. The molecular formula is C66H66. The van der Waals surface area contributed by atoms with Gasteiger partial charge in [-0.25, -0.2) is 0 Å². The van der Waals surface area contributed by atoms with E-state index in [2.05, 4.69) is 288 Å². The van der Waals surface area contributed by atoms with Gasteiger partial charge in [0.15, 0.2) is 0 Å². The van der Waals surface area contributed by atoms with Gasteiger partial charge in [0.2, 0.25) is 0 Å². The summed E-state index contributed by atoms with van der Waals surface area (Å²) in [5.41, 5.74) is 21.2. The monoisotopic (exact) mass is 859 g/mol. The Labute approximate surface area is 396 Å². The van der Waals surface area contributed by atoms with Gasteiger partial charge in [-0.1, -0.05) is 235 Å². The number of hydrogen-bond donors (Lipinski definition) is 0. The van der Waals surface area contributed by atoms with Gasteiger partial charge >= 0.3 is 0 Å². The summed E-state index contributed by atoms with van der Waals surface area (Å²) in [6, 6.07) is 77.2. The average Bonchev–Trinajstić information content (AvgIpc) is 3.33. The average molecular weight is 859 g/mol. The molecule has 0 nitrogen and oxygen atoms in total. The summed E-state index contributed by atoms with van der Waals surface area (Å²) < 4.78 is 0. The van der Waals surface area contributed by atoms with E-state index in [0.717, 1.165) is 0 Å². The molecule has 0 saturated heterocycles. The minimum atomic E-state index is 1.29. The molecule has 0 spiro atoms. The first-order valence-corrected chi connectivity index (χ1v) is 23.2. The van der Waals surface area contributed by atoms with Crippen molar-refractivity contribution in [2.75, 3.05) is 0 Å². The van der Waals surface area contributed by atoms with E-state index in [-0.39, 0.29) is 0 Å². The molecule has 10 aromatic carbocycles. The topological polar surface area (TPSA) is 0 Å². The molecule has 0 aromatic heterocycles. The van der Waals surface area contributed by atoms with Crippen molar-refractivity contribution >= 4 is 21.5 Å². The Morgan fingerprint density at radius 1 is 0.167 bits per heavy atom. The predicted molar refractivity (Wildman–Crippen MR) is 291 cm³/mol. The van der Waals surface area contributed by atoms with Crippen LogP contribution in [0.15, 0.2) is 218 Å². The minimum absolute atomic E-state index is 1.29. The second kappa shape index (κ2) is 23.6. The lowest BCUT2D eigenvalue weighted by molar-refractivity contribution is 1.41. The van der Waals surface area contributed by atoms with Crippen molar-refractivity contribution < 1.29 is 0 Å². The van der Waals surface area contributed by atoms with Crippen molar-refractivity contribution in [3.8, 4) is 33.4 Å². The fraction of sp³-hybridized carbons (Fsp3) is 0.152. The van der Waals surface area contributed by atoms with Crippen molar-refractivity contribution in [3.05, 3.63) is 274 Å². The van der Waals surface area contributed by atoms with Crippen LogP contribution in [0.25, 0.3) is 54.9 Å². The van der Waals surface area contributed by atoms with Crippen molar-refractivity contribution in [1.29, 1.82) is 0 Å². The normalized spacial score (nSPS) is 10.3. The van der Waals surface area contributed by atoms with E-state index in [4.69, 9.17) is 0 Å². The van der Waals surface area contributed by atoms with Crippen LogP contribution < -0.4 is 0 Å². The highest BCUT2D eigenvalue weighted by Crippen LogP contribution is 2.27. The molecule has 0 fully saturated rings. The minimum Gasteiger partial charge on any atom is -0.0620 e. The Bertz CT molecular complexity index is 2890. The zero-order valence-corrected chi connectivity index (χ0v) is 40.8. The first kappa shape index (κ1) is 48.2. The zero-order valence-electron chi connectivity index (χ0n) is 40.8. The van der Waals surface area contributed by atoms with Crippen molar-refractivity contribution in [3.63, 3.8) is 0 Å². The summed E-state index contributed by atoms with van der Waals surface area (Å²) in [7, 11) is 0. The van der Waals surface area contributed by atoms with E-state index < -0.39 is 0 Å². The van der Waals surface area contributed by atoms with Crippen LogP contribution in [0.4, 0.5) is 0 Å². The molecule has 10 aromatic rings. The third-order valence-electron chi connectivity index (χ3n) is 12.2. The summed E-state index contributed by atoms with van der Waals surface area (Å²) in [6.45, 7) is 21.4. The van der Waals surface area contributed by atoms with E-state index in [1.165, 1.54) is 111 Å². The molecule has 0 heterocycles. The molecule has 0 atom stereocenters. The van der Waals surface area contributed by atoms with Crippen LogP contribution in [0.1, 0.15) is 55.6 Å². The van der Waals surface area contributed by atoms with Crippen molar-refractivity contribution in [2.45, 2.75) is 69.2 Å². The third-order valence-corrected chi connectivity index (χ3v) is 12.2. The highest BCUT2D eigenvalue weighted by Gasteiger charge is 2.03. The summed E-state index contributed by atoms with van der Waals surface area (Å²) in [5, 5.41) is 5.49. The molecule has 0 N–H and O–H groups in total. The van der Waals surface area contributed by atoms with E-state index >= 15 is 0 Å². The van der Waals surface area contributed by atoms with E-state index in [9.17, 15) is 0 Å². The van der Waals surface area contributed by atoms with Gasteiger partial charge in [-0.15, -0.1) is 0 Å². The van der Waals surface area contributed by atoms with Gasteiger partial charge in [0, 0.05) is 0 Å². The fourth-order valence-electron chi connectivity index (χ4n) is 8.10. The SMILES string of the molecule is Cc1ccc(-c2ccc(C)cc2)cc1.Cc1ccc(-c2ccccc2C)cc1.Cc1ccc(C)c2ccccc12.Cc1cccc2c(C)cccc12.Cc1ccccc1-c1ccccc1C. The molecule has 0 bridgehead atoms. The molecule has 0 aliphatic heterocycles. The van der Waals surface area contributed by atoms with Gasteiger partial charge < -0.3 is 0 Å². The lowest BCUT2D eigenvalue weighted by Gasteiger charge is -2.08. The van der Waals surface area contributed by atoms with Crippen molar-refractivity contribution in [1.82, 2.24) is 0 Å². The van der Waals surface area contributed by atoms with Crippen LogP contribution in [0.3, 0.4) is 0 Å². The van der Waals surface area contributed by atoms with Crippen LogP contribution in [-0.4, -0.2) is 0 Å². The van der Waals surface area contributed by atoms with Gasteiger partial charge in [0.05, 0.1) is 0 Å².